The quantitative estimate of drug-likeness (QED) is 0.809. The molecule has 0 saturated heterocycles. The van der Waals surface area contributed by atoms with E-state index in [0.717, 1.165) is 30.3 Å². The zero-order valence-electron chi connectivity index (χ0n) is 12.6. The molecule has 0 spiro atoms. The van der Waals surface area contributed by atoms with Crippen molar-refractivity contribution in [2.45, 2.75) is 13.0 Å². The van der Waals surface area contributed by atoms with Gasteiger partial charge in [-0.15, -0.1) is 0 Å². The normalized spacial score (nSPS) is 13.9. The Labute approximate surface area is 136 Å². The number of rotatable bonds is 3. The first-order chi connectivity index (χ1) is 10.7. The Balaban J connectivity index is 1.67. The van der Waals surface area contributed by atoms with Gasteiger partial charge in [0.25, 0.3) is 0 Å². The summed E-state index contributed by atoms with van der Waals surface area (Å²) in [6, 6.07) is 20.7. The van der Waals surface area contributed by atoms with Gasteiger partial charge in [0, 0.05) is 26.6 Å². The summed E-state index contributed by atoms with van der Waals surface area (Å²) in [6.07, 6.45) is 0.934. The van der Waals surface area contributed by atoms with Gasteiger partial charge in [0.05, 0.1) is 5.71 Å². The molecule has 0 atom stereocenters. The summed E-state index contributed by atoms with van der Waals surface area (Å²) < 4.78 is 0. The smallest absolute Gasteiger partial charge is 0.192 e. The Bertz CT molecular complexity index is 667. The van der Waals surface area contributed by atoms with Crippen LogP contribution in [0.5, 0.6) is 0 Å². The van der Waals surface area contributed by atoms with Crippen molar-refractivity contribution >= 4 is 23.0 Å². The lowest BCUT2D eigenvalue weighted by Crippen LogP contribution is -2.36. The highest BCUT2D eigenvalue weighted by atomic mass is 32.1. The predicted molar refractivity (Wildman–Crippen MR) is 94.8 cm³/mol. The highest BCUT2D eigenvalue weighted by molar-refractivity contribution is 7.80. The molecular weight excluding hydrogens is 290 g/mol. The average Bonchev–Trinajstić information content (AvgIpc) is 3.06. The van der Waals surface area contributed by atoms with Gasteiger partial charge >= 0.3 is 0 Å². The number of benzene rings is 2. The highest BCUT2D eigenvalue weighted by Crippen LogP contribution is 2.16. The molecule has 0 aliphatic carbocycles. The van der Waals surface area contributed by atoms with Crippen molar-refractivity contribution in [1.82, 2.24) is 9.91 Å². The molecule has 4 heteroatoms. The molecule has 1 aliphatic rings. The lowest BCUT2D eigenvalue weighted by Gasteiger charge is -2.25. The molecule has 2 aromatic rings. The fraction of sp³-hybridized carbons (Fsp3) is 0.222. The lowest BCUT2D eigenvalue weighted by molar-refractivity contribution is 0.388. The zero-order chi connectivity index (χ0) is 15.4. The minimum atomic E-state index is 0.773. The van der Waals surface area contributed by atoms with Crippen molar-refractivity contribution in [3.05, 3.63) is 71.8 Å². The Morgan fingerprint density at radius 2 is 1.73 bits per heavy atom. The molecule has 0 aromatic heterocycles. The van der Waals surface area contributed by atoms with E-state index in [1.165, 1.54) is 11.1 Å². The van der Waals surface area contributed by atoms with Crippen LogP contribution in [0.25, 0.3) is 0 Å². The minimum Gasteiger partial charge on any atom is -0.346 e. The lowest BCUT2D eigenvalue weighted by atomic mass is 10.1. The second-order valence-corrected chi connectivity index (χ2v) is 5.78. The molecule has 0 fully saturated rings. The average molecular weight is 309 g/mol. The molecule has 0 radical (unpaired) electrons. The molecule has 0 bridgehead atoms. The minimum absolute atomic E-state index is 0.773. The summed E-state index contributed by atoms with van der Waals surface area (Å²) in [4.78, 5) is 2.07. The van der Waals surface area contributed by atoms with Crippen LogP contribution in [-0.2, 0) is 6.54 Å². The van der Waals surface area contributed by atoms with E-state index in [1.54, 1.807) is 0 Å². The van der Waals surface area contributed by atoms with Crippen LogP contribution in [0.15, 0.2) is 65.8 Å². The Hall–Kier alpha value is -2.20. The topological polar surface area (TPSA) is 18.8 Å². The molecule has 0 saturated carbocycles. The van der Waals surface area contributed by atoms with Crippen LogP contribution < -0.4 is 0 Å². The van der Waals surface area contributed by atoms with Crippen LogP contribution in [0.3, 0.4) is 0 Å². The van der Waals surface area contributed by atoms with Crippen molar-refractivity contribution in [3.63, 3.8) is 0 Å². The van der Waals surface area contributed by atoms with E-state index in [0.29, 0.717) is 0 Å². The molecule has 22 heavy (non-hydrogen) atoms. The van der Waals surface area contributed by atoms with Crippen LogP contribution in [0.4, 0.5) is 0 Å². The summed E-state index contributed by atoms with van der Waals surface area (Å²) in [6.45, 7) is 1.65. The molecule has 3 nitrogen and oxygen atoms in total. The van der Waals surface area contributed by atoms with Gasteiger partial charge in [0.1, 0.15) is 0 Å². The van der Waals surface area contributed by atoms with Crippen LogP contribution in [0.2, 0.25) is 0 Å². The molecular formula is C18H19N3S. The van der Waals surface area contributed by atoms with Crippen molar-refractivity contribution in [2.75, 3.05) is 13.6 Å². The van der Waals surface area contributed by atoms with Crippen molar-refractivity contribution < 1.29 is 0 Å². The number of hydrogen-bond donors (Lipinski definition) is 0. The first-order valence-corrected chi connectivity index (χ1v) is 7.84. The van der Waals surface area contributed by atoms with Crippen LogP contribution in [-0.4, -0.2) is 34.3 Å². The molecule has 112 valence electrons. The summed E-state index contributed by atoms with van der Waals surface area (Å²) in [5.74, 6) is 0. The van der Waals surface area contributed by atoms with Crippen LogP contribution in [0, 0.1) is 0 Å². The molecule has 1 aliphatic heterocycles. The molecule has 2 aromatic carbocycles. The number of nitrogens with zero attached hydrogens (tertiary/aromatic N) is 3. The maximum atomic E-state index is 5.58. The number of hydrogen-bond acceptors (Lipinski definition) is 2. The summed E-state index contributed by atoms with van der Waals surface area (Å²) in [7, 11) is 2.02. The fourth-order valence-corrected chi connectivity index (χ4v) is 2.75. The van der Waals surface area contributed by atoms with Gasteiger partial charge in [-0.05, 0) is 23.3 Å². The predicted octanol–water partition coefficient (Wildman–Crippen LogP) is 3.51. The fourth-order valence-electron chi connectivity index (χ4n) is 2.55. The Morgan fingerprint density at radius 1 is 1.09 bits per heavy atom. The Kier molecular flexibility index (Phi) is 4.49. The van der Waals surface area contributed by atoms with Gasteiger partial charge in [-0.25, -0.2) is 5.01 Å². The van der Waals surface area contributed by atoms with Gasteiger partial charge in [-0.2, -0.15) is 5.10 Å². The first kappa shape index (κ1) is 14.7. The first-order valence-electron chi connectivity index (χ1n) is 7.43. The van der Waals surface area contributed by atoms with Crippen molar-refractivity contribution in [1.29, 1.82) is 0 Å². The van der Waals surface area contributed by atoms with E-state index in [9.17, 15) is 0 Å². The van der Waals surface area contributed by atoms with Crippen molar-refractivity contribution in [2.24, 2.45) is 5.10 Å². The molecule has 0 N–H and O–H groups in total. The van der Waals surface area contributed by atoms with Gasteiger partial charge in [-0.3, -0.25) is 0 Å². The third kappa shape index (κ3) is 3.34. The van der Waals surface area contributed by atoms with Gasteiger partial charge in [0.2, 0.25) is 0 Å². The van der Waals surface area contributed by atoms with Gasteiger partial charge in [0.15, 0.2) is 5.11 Å². The number of thiocarbonyl (C=S) groups is 1. The number of hydrazone groups is 1. The van der Waals surface area contributed by atoms with Crippen molar-refractivity contribution in [3.8, 4) is 0 Å². The van der Waals surface area contributed by atoms with E-state index in [2.05, 4.69) is 34.3 Å². The van der Waals surface area contributed by atoms with E-state index >= 15 is 0 Å². The SMILES string of the molecule is CN(Cc1ccccc1)C(=S)N1CCC(c2ccccc2)=N1. The second kappa shape index (κ2) is 6.71. The van der Waals surface area contributed by atoms with Gasteiger partial charge < -0.3 is 4.90 Å². The standard InChI is InChI=1S/C18H19N3S/c1-20(14-15-8-4-2-5-9-15)18(22)21-13-12-17(19-21)16-10-6-3-7-11-16/h2-11H,12-14H2,1H3. The highest BCUT2D eigenvalue weighted by Gasteiger charge is 2.21. The molecule has 0 amide bonds. The van der Waals surface area contributed by atoms with Crippen LogP contribution in [0.1, 0.15) is 17.5 Å². The largest absolute Gasteiger partial charge is 0.346 e. The molecule has 3 rings (SSSR count). The van der Waals surface area contributed by atoms with Crippen LogP contribution >= 0.6 is 12.2 Å². The monoisotopic (exact) mass is 309 g/mol. The summed E-state index contributed by atoms with van der Waals surface area (Å²) in [5, 5.41) is 7.39. The zero-order valence-corrected chi connectivity index (χ0v) is 13.5. The van der Waals surface area contributed by atoms with E-state index in [4.69, 9.17) is 12.2 Å². The van der Waals surface area contributed by atoms with E-state index < -0.39 is 0 Å². The third-order valence-corrected chi connectivity index (χ3v) is 4.24. The molecule has 1 heterocycles. The maximum absolute atomic E-state index is 5.58. The summed E-state index contributed by atoms with van der Waals surface area (Å²) >= 11 is 5.58. The third-order valence-electron chi connectivity index (χ3n) is 3.72. The second-order valence-electron chi connectivity index (χ2n) is 5.41. The molecule has 0 unspecified atom stereocenters. The van der Waals surface area contributed by atoms with E-state index in [-0.39, 0.29) is 0 Å². The summed E-state index contributed by atoms with van der Waals surface area (Å²) in [5.41, 5.74) is 3.54. The maximum Gasteiger partial charge on any atom is 0.192 e. The Morgan fingerprint density at radius 3 is 2.41 bits per heavy atom. The van der Waals surface area contributed by atoms with E-state index in [1.807, 2.05) is 48.5 Å². The van der Waals surface area contributed by atoms with Gasteiger partial charge in [-0.1, -0.05) is 60.7 Å².